The number of nitrogens with one attached hydrogen (secondary N) is 1. The number of nitrogens with zero attached hydrogens (tertiary/aromatic N) is 2. The van der Waals surface area contributed by atoms with Crippen LogP contribution >= 0.6 is 11.8 Å². The third-order valence-corrected chi connectivity index (χ3v) is 7.99. The molecule has 41 heavy (non-hydrogen) atoms. The van der Waals surface area contributed by atoms with Crippen LogP contribution in [0.3, 0.4) is 0 Å². The number of carbonyl (C=O) groups is 4. The first kappa shape index (κ1) is 30.2. The van der Waals surface area contributed by atoms with Crippen molar-refractivity contribution in [3.63, 3.8) is 0 Å². The zero-order chi connectivity index (χ0) is 29.5. The fourth-order valence-electron chi connectivity index (χ4n) is 4.73. The number of para-hydroxylation sites is 1. The quantitative estimate of drug-likeness (QED) is 0.370. The van der Waals surface area contributed by atoms with Gasteiger partial charge in [-0.2, -0.15) is 0 Å². The first-order valence-electron chi connectivity index (χ1n) is 14.0. The van der Waals surface area contributed by atoms with Crippen LogP contribution in [0.5, 0.6) is 11.5 Å². The van der Waals surface area contributed by atoms with Crippen LogP contribution in [-0.4, -0.2) is 65.6 Å². The van der Waals surface area contributed by atoms with Gasteiger partial charge in [-0.05, 0) is 78.8 Å². The van der Waals surface area contributed by atoms with E-state index in [0.717, 1.165) is 40.8 Å². The summed E-state index contributed by atoms with van der Waals surface area (Å²) in [4.78, 5) is 53.9. The van der Waals surface area contributed by atoms with Gasteiger partial charge < -0.3 is 19.7 Å². The number of hydrogen-bond donors (Lipinski definition) is 1. The second-order valence-electron chi connectivity index (χ2n) is 10.5. The molecule has 0 spiro atoms. The van der Waals surface area contributed by atoms with E-state index in [2.05, 4.69) is 26.1 Å². The number of amides is 4. The third-order valence-electron chi connectivity index (χ3n) is 7.08. The summed E-state index contributed by atoms with van der Waals surface area (Å²) in [7, 11) is 0. The third kappa shape index (κ3) is 7.70. The number of piperidine rings is 1. The highest BCUT2D eigenvalue weighted by Crippen LogP contribution is 2.35. The molecule has 2 aromatic carbocycles. The lowest BCUT2D eigenvalue weighted by Crippen LogP contribution is -2.45. The first-order chi connectivity index (χ1) is 19.7. The van der Waals surface area contributed by atoms with Gasteiger partial charge in [-0.15, -0.1) is 0 Å². The lowest BCUT2D eigenvalue weighted by Gasteiger charge is -2.31. The standard InChI is InChI=1S/C31H37N3O6S/c1-5-39-26-16-22(10-11-25(26)40-19-28(35)32-24-9-7-6-8-23(24)20(2)3)17-27-30(37)34(31(38)41-27)18-29(36)33-14-12-21(4)13-15-33/h6-11,16-17,20-21H,5,12-15,18-19H2,1-4H3,(H,32,35)/b27-17+. The van der Waals surface area contributed by atoms with Gasteiger partial charge in [-0.25, -0.2) is 0 Å². The Balaban J connectivity index is 1.40. The average Bonchev–Trinajstić information content (AvgIpc) is 3.20. The summed E-state index contributed by atoms with van der Waals surface area (Å²) in [5.41, 5.74) is 2.41. The van der Waals surface area contributed by atoms with E-state index < -0.39 is 11.1 Å². The van der Waals surface area contributed by atoms with Gasteiger partial charge in [0.15, 0.2) is 18.1 Å². The van der Waals surface area contributed by atoms with Gasteiger partial charge in [-0.1, -0.05) is 45.0 Å². The fourth-order valence-corrected chi connectivity index (χ4v) is 5.57. The second-order valence-corrected chi connectivity index (χ2v) is 11.5. The van der Waals surface area contributed by atoms with Gasteiger partial charge in [-0.3, -0.25) is 24.1 Å². The van der Waals surface area contributed by atoms with Crippen molar-refractivity contribution in [1.29, 1.82) is 0 Å². The molecule has 0 aliphatic carbocycles. The van der Waals surface area contributed by atoms with Gasteiger partial charge in [0.25, 0.3) is 17.1 Å². The Hall–Kier alpha value is -3.79. The highest BCUT2D eigenvalue weighted by Gasteiger charge is 2.37. The Bertz CT molecular complexity index is 1330. The number of ether oxygens (including phenoxy) is 2. The molecule has 2 aromatic rings. The second kappa shape index (κ2) is 13.7. The van der Waals surface area contributed by atoms with Crippen LogP contribution in [0.25, 0.3) is 6.08 Å². The number of likely N-dealkylation sites (tertiary alicyclic amines) is 1. The van der Waals surface area contributed by atoms with E-state index in [4.69, 9.17) is 9.47 Å². The van der Waals surface area contributed by atoms with Crippen LogP contribution in [0.1, 0.15) is 57.6 Å². The number of imide groups is 1. The van der Waals surface area contributed by atoms with Crippen molar-refractivity contribution in [1.82, 2.24) is 9.80 Å². The van der Waals surface area contributed by atoms with Crippen LogP contribution in [0.15, 0.2) is 47.4 Å². The molecule has 0 saturated carbocycles. The highest BCUT2D eigenvalue weighted by atomic mass is 32.2. The summed E-state index contributed by atoms with van der Waals surface area (Å²) >= 11 is 0.810. The molecule has 2 heterocycles. The number of rotatable bonds is 10. The Kier molecular flexibility index (Phi) is 10.1. The van der Waals surface area contributed by atoms with Gasteiger partial charge in [0.05, 0.1) is 11.5 Å². The Morgan fingerprint density at radius 2 is 1.80 bits per heavy atom. The summed E-state index contributed by atoms with van der Waals surface area (Å²) in [6.45, 7) is 9.30. The molecule has 2 aliphatic heterocycles. The predicted octanol–water partition coefficient (Wildman–Crippen LogP) is 5.52. The Morgan fingerprint density at radius 1 is 1.07 bits per heavy atom. The average molecular weight is 580 g/mol. The van der Waals surface area contributed by atoms with Crippen molar-refractivity contribution in [3.8, 4) is 11.5 Å². The van der Waals surface area contributed by atoms with Crippen LogP contribution in [0, 0.1) is 5.92 Å². The summed E-state index contributed by atoms with van der Waals surface area (Å²) in [5, 5.41) is 2.44. The summed E-state index contributed by atoms with van der Waals surface area (Å²) in [5.74, 6) is 0.614. The molecule has 0 radical (unpaired) electrons. The van der Waals surface area contributed by atoms with E-state index in [1.54, 1.807) is 29.2 Å². The highest BCUT2D eigenvalue weighted by molar-refractivity contribution is 8.18. The molecule has 218 valence electrons. The number of thioether (sulfide) groups is 1. The minimum atomic E-state index is -0.490. The summed E-state index contributed by atoms with van der Waals surface area (Å²) < 4.78 is 11.5. The Morgan fingerprint density at radius 3 is 2.51 bits per heavy atom. The summed E-state index contributed by atoms with van der Waals surface area (Å²) in [6, 6.07) is 12.7. The molecule has 0 aromatic heterocycles. The number of hydrogen-bond acceptors (Lipinski definition) is 7. The maximum atomic E-state index is 13.0. The van der Waals surface area contributed by atoms with Crippen LogP contribution < -0.4 is 14.8 Å². The molecule has 0 bridgehead atoms. The van der Waals surface area contributed by atoms with Gasteiger partial charge in [0, 0.05) is 18.8 Å². The lowest BCUT2D eigenvalue weighted by atomic mass is 9.99. The topological polar surface area (TPSA) is 105 Å². The number of anilines is 1. The molecule has 1 N–H and O–H groups in total. The monoisotopic (exact) mass is 579 g/mol. The van der Waals surface area contributed by atoms with E-state index in [1.807, 2.05) is 31.2 Å². The van der Waals surface area contributed by atoms with E-state index in [0.29, 0.717) is 42.7 Å². The maximum Gasteiger partial charge on any atom is 0.294 e. The molecule has 0 atom stereocenters. The van der Waals surface area contributed by atoms with E-state index in [9.17, 15) is 19.2 Å². The van der Waals surface area contributed by atoms with Crippen LogP contribution in [-0.2, 0) is 14.4 Å². The zero-order valence-corrected chi connectivity index (χ0v) is 24.8. The SMILES string of the molecule is CCOc1cc(/C=C2/SC(=O)N(CC(=O)N3CCC(C)CC3)C2=O)ccc1OCC(=O)Nc1ccccc1C(C)C. The zero-order valence-electron chi connectivity index (χ0n) is 24.0. The molecule has 4 rings (SSSR count). The molecule has 10 heteroatoms. The van der Waals surface area contributed by atoms with Crippen molar-refractivity contribution in [3.05, 3.63) is 58.5 Å². The lowest BCUT2D eigenvalue weighted by molar-refractivity contribution is -0.136. The molecule has 2 fully saturated rings. The van der Waals surface area contributed by atoms with E-state index in [1.165, 1.54) is 0 Å². The fraction of sp³-hybridized carbons (Fsp3) is 0.419. The molecular weight excluding hydrogens is 542 g/mol. The number of carbonyl (C=O) groups excluding carboxylic acids is 4. The maximum absolute atomic E-state index is 13.0. The Labute approximate surface area is 245 Å². The van der Waals surface area contributed by atoms with Crippen LogP contribution in [0.4, 0.5) is 10.5 Å². The number of benzene rings is 2. The van der Waals surface area contributed by atoms with Crippen molar-refractivity contribution in [2.75, 3.05) is 38.2 Å². The van der Waals surface area contributed by atoms with E-state index >= 15 is 0 Å². The van der Waals surface area contributed by atoms with Gasteiger partial charge in [0.2, 0.25) is 5.91 Å². The largest absolute Gasteiger partial charge is 0.490 e. The molecular formula is C31H37N3O6S. The van der Waals surface area contributed by atoms with Crippen molar-refractivity contribution < 1.29 is 28.7 Å². The summed E-state index contributed by atoms with van der Waals surface area (Å²) in [6.07, 6.45) is 3.44. The normalized spacial score (nSPS) is 17.0. The smallest absolute Gasteiger partial charge is 0.294 e. The first-order valence-corrected chi connectivity index (χ1v) is 14.8. The molecule has 2 aliphatic rings. The minimum Gasteiger partial charge on any atom is -0.490 e. The van der Waals surface area contributed by atoms with Crippen molar-refractivity contribution >= 4 is 46.5 Å². The van der Waals surface area contributed by atoms with Gasteiger partial charge >= 0.3 is 0 Å². The van der Waals surface area contributed by atoms with Crippen LogP contribution in [0.2, 0.25) is 0 Å². The molecule has 4 amide bonds. The molecule has 2 saturated heterocycles. The predicted molar refractivity (Wildman–Crippen MR) is 160 cm³/mol. The van der Waals surface area contributed by atoms with Crippen molar-refractivity contribution in [2.24, 2.45) is 5.92 Å². The molecule has 0 unspecified atom stereocenters. The van der Waals surface area contributed by atoms with Crippen molar-refractivity contribution in [2.45, 2.75) is 46.5 Å². The van der Waals surface area contributed by atoms with E-state index in [-0.39, 0.29) is 35.8 Å². The minimum absolute atomic E-state index is 0.211. The van der Waals surface area contributed by atoms with Gasteiger partial charge in [0.1, 0.15) is 6.54 Å². The molecule has 9 nitrogen and oxygen atoms in total.